The van der Waals surface area contributed by atoms with E-state index in [9.17, 15) is 9.59 Å². The van der Waals surface area contributed by atoms with Crippen molar-refractivity contribution in [3.05, 3.63) is 24.5 Å². The first kappa shape index (κ1) is 14.9. The zero-order valence-corrected chi connectivity index (χ0v) is 11.3. The van der Waals surface area contributed by atoms with Gasteiger partial charge in [0.15, 0.2) is 0 Å². The number of pyridine rings is 1. The SMILES string of the molecule is CC[C@H](C)[C@H](NC(=O)N(C)c1cccnc1)C(=O)O. The van der Waals surface area contributed by atoms with Gasteiger partial charge in [-0.2, -0.15) is 0 Å². The summed E-state index contributed by atoms with van der Waals surface area (Å²) in [4.78, 5) is 28.4. The van der Waals surface area contributed by atoms with Crippen LogP contribution < -0.4 is 10.2 Å². The highest BCUT2D eigenvalue weighted by molar-refractivity contribution is 5.93. The van der Waals surface area contributed by atoms with Gasteiger partial charge in [0.2, 0.25) is 0 Å². The molecule has 104 valence electrons. The summed E-state index contributed by atoms with van der Waals surface area (Å²) in [5.74, 6) is -1.16. The van der Waals surface area contributed by atoms with E-state index in [0.29, 0.717) is 12.1 Å². The van der Waals surface area contributed by atoms with Crippen LogP contribution in [0, 0.1) is 5.92 Å². The van der Waals surface area contributed by atoms with Crippen LogP contribution in [0.25, 0.3) is 0 Å². The van der Waals surface area contributed by atoms with Gasteiger partial charge in [-0.25, -0.2) is 9.59 Å². The van der Waals surface area contributed by atoms with Crippen LogP contribution in [0.15, 0.2) is 24.5 Å². The topological polar surface area (TPSA) is 82.5 Å². The Hall–Kier alpha value is -2.11. The minimum Gasteiger partial charge on any atom is -0.480 e. The smallest absolute Gasteiger partial charge is 0.326 e. The maximum Gasteiger partial charge on any atom is 0.326 e. The highest BCUT2D eigenvalue weighted by atomic mass is 16.4. The van der Waals surface area contributed by atoms with Crippen molar-refractivity contribution in [2.24, 2.45) is 5.92 Å². The maximum absolute atomic E-state index is 12.0. The predicted octanol–water partition coefficient (Wildman–Crippen LogP) is 1.73. The molecule has 0 radical (unpaired) electrons. The lowest BCUT2D eigenvalue weighted by atomic mass is 9.99. The van der Waals surface area contributed by atoms with Gasteiger partial charge < -0.3 is 10.4 Å². The average molecular weight is 265 g/mol. The van der Waals surface area contributed by atoms with Crippen LogP contribution >= 0.6 is 0 Å². The van der Waals surface area contributed by atoms with Crippen molar-refractivity contribution < 1.29 is 14.7 Å². The molecule has 0 aromatic carbocycles. The molecule has 2 atom stereocenters. The summed E-state index contributed by atoms with van der Waals surface area (Å²) in [5, 5.41) is 11.7. The minimum atomic E-state index is -1.03. The molecule has 0 fully saturated rings. The molecule has 0 aliphatic heterocycles. The highest BCUT2D eigenvalue weighted by Crippen LogP contribution is 2.12. The number of anilines is 1. The number of aromatic nitrogens is 1. The number of rotatable bonds is 5. The Labute approximate surface area is 112 Å². The largest absolute Gasteiger partial charge is 0.480 e. The Morgan fingerprint density at radius 2 is 2.21 bits per heavy atom. The van der Waals surface area contributed by atoms with Crippen molar-refractivity contribution in [1.29, 1.82) is 0 Å². The van der Waals surface area contributed by atoms with E-state index in [-0.39, 0.29) is 5.92 Å². The van der Waals surface area contributed by atoms with E-state index in [0.717, 1.165) is 0 Å². The third-order valence-electron chi connectivity index (χ3n) is 3.10. The van der Waals surface area contributed by atoms with Crippen molar-refractivity contribution in [2.75, 3.05) is 11.9 Å². The second-order valence-electron chi connectivity index (χ2n) is 4.42. The fourth-order valence-electron chi connectivity index (χ4n) is 1.58. The molecule has 1 aromatic heterocycles. The molecule has 2 amide bonds. The molecule has 0 spiro atoms. The minimum absolute atomic E-state index is 0.135. The van der Waals surface area contributed by atoms with Crippen LogP contribution in [0.1, 0.15) is 20.3 Å². The summed E-state index contributed by atoms with van der Waals surface area (Å²) in [5.41, 5.74) is 0.605. The van der Waals surface area contributed by atoms with Crippen molar-refractivity contribution >= 4 is 17.7 Å². The number of carbonyl (C=O) groups excluding carboxylic acids is 1. The van der Waals surface area contributed by atoms with Crippen LogP contribution in [0.5, 0.6) is 0 Å². The van der Waals surface area contributed by atoms with E-state index in [1.807, 2.05) is 6.92 Å². The number of hydrogen-bond acceptors (Lipinski definition) is 3. The van der Waals surface area contributed by atoms with Gasteiger partial charge in [-0.05, 0) is 18.1 Å². The molecule has 19 heavy (non-hydrogen) atoms. The van der Waals surface area contributed by atoms with Gasteiger partial charge in [-0.15, -0.1) is 0 Å². The number of urea groups is 1. The Kier molecular flexibility index (Phi) is 5.29. The zero-order chi connectivity index (χ0) is 14.4. The van der Waals surface area contributed by atoms with Crippen molar-refractivity contribution in [3.63, 3.8) is 0 Å². The van der Waals surface area contributed by atoms with Crippen LogP contribution in [0.3, 0.4) is 0 Å². The van der Waals surface area contributed by atoms with E-state index in [1.54, 1.807) is 38.5 Å². The molecular weight excluding hydrogens is 246 g/mol. The molecule has 0 aliphatic carbocycles. The molecule has 0 aliphatic rings. The summed E-state index contributed by atoms with van der Waals surface area (Å²) in [6.07, 6.45) is 3.82. The first-order valence-corrected chi connectivity index (χ1v) is 6.14. The summed E-state index contributed by atoms with van der Waals surface area (Å²) in [7, 11) is 1.57. The van der Waals surface area contributed by atoms with Gasteiger partial charge in [0, 0.05) is 13.2 Å². The zero-order valence-electron chi connectivity index (χ0n) is 11.3. The van der Waals surface area contributed by atoms with Crippen LogP contribution in [0.4, 0.5) is 10.5 Å². The number of amides is 2. The van der Waals surface area contributed by atoms with Gasteiger partial charge in [0.05, 0.1) is 11.9 Å². The average Bonchev–Trinajstić information content (AvgIpc) is 2.43. The van der Waals surface area contributed by atoms with Crippen LogP contribution in [-0.4, -0.2) is 35.2 Å². The van der Waals surface area contributed by atoms with E-state index >= 15 is 0 Å². The standard InChI is InChI=1S/C13H19N3O3/c1-4-9(2)11(12(17)18)15-13(19)16(3)10-6-5-7-14-8-10/h5-9,11H,4H2,1-3H3,(H,15,19)(H,17,18)/t9-,11-/m0/s1. The van der Waals surface area contributed by atoms with E-state index in [2.05, 4.69) is 10.3 Å². The van der Waals surface area contributed by atoms with Gasteiger partial charge >= 0.3 is 12.0 Å². The number of nitrogens with one attached hydrogen (secondary N) is 1. The lowest BCUT2D eigenvalue weighted by molar-refractivity contribution is -0.140. The monoisotopic (exact) mass is 265 g/mol. The number of hydrogen-bond donors (Lipinski definition) is 2. The number of aliphatic carboxylic acids is 1. The first-order valence-electron chi connectivity index (χ1n) is 6.14. The molecule has 1 heterocycles. The molecule has 2 N–H and O–H groups in total. The Balaban J connectivity index is 2.75. The summed E-state index contributed by atoms with van der Waals surface area (Å²) in [6.45, 7) is 3.68. The summed E-state index contributed by atoms with van der Waals surface area (Å²) >= 11 is 0. The van der Waals surface area contributed by atoms with Crippen LogP contribution in [-0.2, 0) is 4.79 Å². The van der Waals surface area contributed by atoms with Gasteiger partial charge in [0.25, 0.3) is 0 Å². The highest BCUT2D eigenvalue weighted by Gasteiger charge is 2.26. The number of nitrogens with zero attached hydrogens (tertiary/aromatic N) is 2. The summed E-state index contributed by atoms with van der Waals surface area (Å²) < 4.78 is 0. The Morgan fingerprint density at radius 3 is 2.68 bits per heavy atom. The molecule has 6 nitrogen and oxygen atoms in total. The molecule has 0 saturated carbocycles. The molecule has 0 unspecified atom stereocenters. The van der Waals surface area contributed by atoms with Gasteiger partial charge in [-0.3, -0.25) is 9.88 Å². The molecule has 0 bridgehead atoms. The fraction of sp³-hybridized carbons (Fsp3) is 0.462. The predicted molar refractivity (Wildman–Crippen MR) is 72.1 cm³/mol. The Bertz CT molecular complexity index is 436. The third kappa shape index (κ3) is 3.94. The molecule has 0 saturated heterocycles. The fourth-order valence-corrected chi connectivity index (χ4v) is 1.58. The summed E-state index contributed by atoms with van der Waals surface area (Å²) in [6, 6.07) is 2.09. The van der Waals surface area contributed by atoms with E-state index in [1.165, 1.54) is 4.90 Å². The van der Waals surface area contributed by atoms with Gasteiger partial charge in [-0.1, -0.05) is 20.3 Å². The lowest BCUT2D eigenvalue weighted by Crippen LogP contribution is -2.49. The molecule has 1 rings (SSSR count). The number of carbonyl (C=O) groups is 2. The molecule has 1 aromatic rings. The van der Waals surface area contributed by atoms with Crippen molar-refractivity contribution in [2.45, 2.75) is 26.3 Å². The number of carboxylic acids is 1. The second-order valence-corrected chi connectivity index (χ2v) is 4.42. The molecular formula is C13H19N3O3. The number of carboxylic acid groups (broad SMARTS) is 1. The quantitative estimate of drug-likeness (QED) is 0.849. The van der Waals surface area contributed by atoms with E-state index < -0.39 is 18.0 Å². The van der Waals surface area contributed by atoms with Crippen molar-refractivity contribution in [3.8, 4) is 0 Å². The maximum atomic E-state index is 12.0. The van der Waals surface area contributed by atoms with Gasteiger partial charge in [0.1, 0.15) is 6.04 Å². The normalized spacial score (nSPS) is 13.4. The first-order chi connectivity index (χ1) is 8.97. The van der Waals surface area contributed by atoms with E-state index in [4.69, 9.17) is 5.11 Å². The Morgan fingerprint density at radius 1 is 1.53 bits per heavy atom. The molecule has 6 heteroatoms. The van der Waals surface area contributed by atoms with Crippen molar-refractivity contribution in [1.82, 2.24) is 10.3 Å². The lowest BCUT2D eigenvalue weighted by Gasteiger charge is -2.24. The van der Waals surface area contributed by atoms with Crippen LogP contribution in [0.2, 0.25) is 0 Å². The second kappa shape index (κ2) is 6.72. The third-order valence-corrected chi connectivity index (χ3v) is 3.10.